The van der Waals surface area contributed by atoms with E-state index in [0.29, 0.717) is 5.56 Å². The molecule has 1 aromatic carbocycles. The third-order valence-corrected chi connectivity index (χ3v) is 4.40. The second-order valence-corrected chi connectivity index (χ2v) is 5.98. The summed E-state index contributed by atoms with van der Waals surface area (Å²) in [4.78, 5) is 0.0169. The Kier molecular flexibility index (Phi) is 4.50. The first-order valence-corrected chi connectivity index (χ1v) is 7.59. The molecule has 0 aliphatic rings. The highest BCUT2D eigenvalue weighted by Gasteiger charge is 2.24. The molecule has 1 atom stereocenters. The van der Waals surface area contributed by atoms with Crippen LogP contribution in [-0.4, -0.2) is 36.2 Å². The summed E-state index contributed by atoms with van der Waals surface area (Å²) in [5.41, 5.74) is 6.23. The SMILES string of the molecule is COc1ccc(CN)cc1S(=O)(=O)NC(C)c1nn[nH]n1. The van der Waals surface area contributed by atoms with Crippen LogP contribution in [0.3, 0.4) is 0 Å². The van der Waals surface area contributed by atoms with Gasteiger partial charge in [-0.15, -0.1) is 10.2 Å². The van der Waals surface area contributed by atoms with Crippen LogP contribution in [0.2, 0.25) is 0 Å². The molecule has 1 heterocycles. The topological polar surface area (TPSA) is 136 Å². The second-order valence-electron chi connectivity index (χ2n) is 4.30. The van der Waals surface area contributed by atoms with Gasteiger partial charge in [0.2, 0.25) is 10.0 Å². The number of nitrogens with zero attached hydrogens (tertiary/aromatic N) is 3. The van der Waals surface area contributed by atoms with Gasteiger partial charge in [-0.2, -0.15) is 5.21 Å². The van der Waals surface area contributed by atoms with E-state index in [9.17, 15) is 8.42 Å². The molecular weight excluding hydrogens is 296 g/mol. The van der Waals surface area contributed by atoms with Crippen molar-refractivity contribution in [1.29, 1.82) is 0 Å². The standard InChI is InChI=1S/C11H16N6O3S/c1-7(11-13-16-17-14-11)15-21(18,19)10-5-8(6-12)3-4-9(10)20-2/h3-5,7,15H,6,12H2,1-2H3,(H,13,14,16,17). The van der Waals surface area contributed by atoms with E-state index in [0.717, 1.165) is 0 Å². The fourth-order valence-electron chi connectivity index (χ4n) is 1.76. The number of rotatable bonds is 6. The maximum Gasteiger partial charge on any atom is 0.244 e. The number of hydrogen-bond acceptors (Lipinski definition) is 7. The Labute approximate surface area is 121 Å². The van der Waals surface area contributed by atoms with Crippen LogP contribution in [0.15, 0.2) is 23.1 Å². The van der Waals surface area contributed by atoms with Crippen molar-refractivity contribution in [2.75, 3.05) is 7.11 Å². The molecule has 0 fully saturated rings. The maximum atomic E-state index is 12.5. The number of ether oxygens (including phenoxy) is 1. The molecule has 0 bridgehead atoms. The van der Waals surface area contributed by atoms with E-state index in [4.69, 9.17) is 10.5 Å². The highest BCUT2D eigenvalue weighted by molar-refractivity contribution is 7.89. The number of hydrogen-bond donors (Lipinski definition) is 3. The van der Waals surface area contributed by atoms with Crippen molar-refractivity contribution in [1.82, 2.24) is 25.3 Å². The third kappa shape index (κ3) is 3.35. The van der Waals surface area contributed by atoms with E-state index in [2.05, 4.69) is 25.3 Å². The Hall–Kier alpha value is -2.04. The minimum Gasteiger partial charge on any atom is -0.495 e. The number of aromatic amines is 1. The van der Waals surface area contributed by atoms with E-state index < -0.39 is 16.1 Å². The summed E-state index contributed by atoms with van der Waals surface area (Å²) in [5, 5.41) is 13.2. The van der Waals surface area contributed by atoms with Crippen LogP contribution in [0.4, 0.5) is 0 Å². The molecule has 0 spiro atoms. The van der Waals surface area contributed by atoms with Gasteiger partial charge in [-0.25, -0.2) is 13.1 Å². The molecule has 0 saturated heterocycles. The molecule has 0 aliphatic carbocycles. The zero-order chi connectivity index (χ0) is 15.5. The molecule has 0 aliphatic heterocycles. The summed E-state index contributed by atoms with van der Waals surface area (Å²) in [6.07, 6.45) is 0. The van der Waals surface area contributed by atoms with Gasteiger partial charge in [-0.1, -0.05) is 11.3 Å². The van der Waals surface area contributed by atoms with Crippen LogP contribution in [0.1, 0.15) is 24.4 Å². The molecule has 2 aromatic rings. The van der Waals surface area contributed by atoms with E-state index in [1.54, 1.807) is 19.1 Å². The van der Waals surface area contributed by atoms with Gasteiger partial charge in [0, 0.05) is 6.54 Å². The Bertz CT molecular complexity index is 701. The largest absolute Gasteiger partial charge is 0.495 e. The van der Waals surface area contributed by atoms with Crippen molar-refractivity contribution in [3.05, 3.63) is 29.6 Å². The van der Waals surface area contributed by atoms with Crippen molar-refractivity contribution >= 4 is 10.0 Å². The van der Waals surface area contributed by atoms with Crippen molar-refractivity contribution in [2.24, 2.45) is 5.73 Å². The molecule has 10 heteroatoms. The van der Waals surface area contributed by atoms with E-state index >= 15 is 0 Å². The molecule has 21 heavy (non-hydrogen) atoms. The fraction of sp³-hybridized carbons (Fsp3) is 0.364. The van der Waals surface area contributed by atoms with E-state index in [-0.39, 0.29) is 23.0 Å². The fourth-order valence-corrected chi connectivity index (χ4v) is 3.18. The lowest BCUT2D eigenvalue weighted by atomic mass is 10.2. The average Bonchev–Trinajstić information content (AvgIpc) is 3.00. The second kappa shape index (κ2) is 6.16. The van der Waals surface area contributed by atoms with Crippen LogP contribution in [0.5, 0.6) is 5.75 Å². The quantitative estimate of drug-likeness (QED) is 0.666. The molecule has 4 N–H and O–H groups in total. The van der Waals surface area contributed by atoms with Gasteiger partial charge < -0.3 is 10.5 Å². The smallest absolute Gasteiger partial charge is 0.244 e. The van der Waals surface area contributed by atoms with Crippen LogP contribution in [0.25, 0.3) is 0 Å². The van der Waals surface area contributed by atoms with Gasteiger partial charge in [-0.3, -0.25) is 0 Å². The molecule has 0 saturated carbocycles. The van der Waals surface area contributed by atoms with Crippen molar-refractivity contribution in [3.8, 4) is 5.75 Å². The van der Waals surface area contributed by atoms with Gasteiger partial charge in [-0.05, 0) is 24.6 Å². The number of benzene rings is 1. The van der Waals surface area contributed by atoms with E-state index in [1.807, 2.05) is 0 Å². The van der Waals surface area contributed by atoms with Gasteiger partial charge in [0.1, 0.15) is 10.6 Å². The molecule has 9 nitrogen and oxygen atoms in total. The summed E-state index contributed by atoms with van der Waals surface area (Å²) in [7, 11) is -2.41. The summed E-state index contributed by atoms with van der Waals surface area (Å²) in [6, 6.07) is 4.11. The molecule has 114 valence electrons. The number of H-pyrrole nitrogens is 1. The summed E-state index contributed by atoms with van der Waals surface area (Å²) in [5.74, 6) is 0.479. The summed E-state index contributed by atoms with van der Waals surface area (Å²) in [6.45, 7) is 1.84. The average molecular weight is 312 g/mol. The summed E-state index contributed by atoms with van der Waals surface area (Å²) >= 11 is 0. The van der Waals surface area contributed by atoms with Gasteiger partial charge in [0.25, 0.3) is 0 Å². The lowest BCUT2D eigenvalue weighted by molar-refractivity contribution is 0.401. The monoisotopic (exact) mass is 312 g/mol. The summed E-state index contributed by atoms with van der Waals surface area (Å²) < 4.78 is 32.5. The van der Waals surface area contributed by atoms with Crippen LogP contribution in [-0.2, 0) is 16.6 Å². The molecule has 1 aromatic heterocycles. The zero-order valence-corrected chi connectivity index (χ0v) is 12.4. The molecular formula is C11H16N6O3S. The Balaban J connectivity index is 2.34. The maximum absolute atomic E-state index is 12.5. The van der Waals surface area contributed by atoms with Crippen LogP contribution < -0.4 is 15.2 Å². The minimum atomic E-state index is -3.81. The number of tetrazole rings is 1. The molecule has 0 amide bonds. The third-order valence-electron chi connectivity index (χ3n) is 2.83. The first-order valence-electron chi connectivity index (χ1n) is 6.10. The normalized spacial score (nSPS) is 13.1. The van der Waals surface area contributed by atoms with Gasteiger partial charge in [0.15, 0.2) is 5.82 Å². The Morgan fingerprint density at radius 3 is 2.81 bits per heavy atom. The predicted octanol–water partition coefficient (Wildman–Crippen LogP) is -0.293. The first kappa shape index (κ1) is 15.4. The number of nitrogens with two attached hydrogens (primary N) is 1. The number of methoxy groups -OCH3 is 1. The Morgan fingerprint density at radius 1 is 1.48 bits per heavy atom. The van der Waals surface area contributed by atoms with Crippen LogP contribution >= 0.6 is 0 Å². The number of aromatic nitrogens is 4. The van der Waals surface area contributed by atoms with Crippen molar-refractivity contribution in [2.45, 2.75) is 24.4 Å². The van der Waals surface area contributed by atoms with Crippen molar-refractivity contribution < 1.29 is 13.2 Å². The molecule has 1 unspecified atom stereocenters. The van der Waals surface area contributed by atoms with Gasteiger partial charge in [0.05, 0.1) is 13.2 Å². The zero-order valence-electron chi connectivity index (χ0n) is 11.6. The molecule has 2 rings (SSSR count). The Morgan fingerprint density at radius 2 is 2.24 bits per heavy atom. The van der Waals surface area contributed by atoms with Gasteiger partial charge >= 0.3 is 0 Å². The first-order chi connectivity index (χ1) is 9.97. The minimum absolute atomic E-state index is 0.0169. The lowest BCUT2D eigenvalue weighted by Crippen LogP contribution is -2.28. The number of nitrogens with one attached hydrogen (secondary N) is 2. The predicted molar refractivity (Wildman–Crippen MR) is 73.8 cm³/mol. The van der Waals surface area contributed by atoms with Crippen LogP contribution in [0, 0.1) is 0 Å². The number of sulfonamides is 1. The highest BCUT2D eigenvalue weighted by Crippen LogP contribution is 2.26. The highest BCUT2D eigenvalue weighted by atomic mass is 32.2. The van der Waals surface area contributed by atoms with E-state index in [1.165, 1.54) is 13.2 Å². The lowest BCUT2D eigenvalue weighted by Gasteiger charge is -2.14. The molecule has 0 radical (unpaired) electrons. The van der Waals surface area contributed by atoms with Crippen molar-refractivity contribution in [3.63, 3.8) is 0 Å².